The number of aryl methyl sites for hydroxylation is 1. The minimum absolute atomic E-state index is 0.174. The highest BCUT2D eigenvalue weighted by Gasteiger charge is 2.44. The summed E-state index contributed by atoms with van der Waals surface area (Å²) in [4.78, 5) is 4.14. The van der Waals surface area contributed by atoms with Crippen molar-refractivity contribution in [2.24, 2.45) is 0 Å². The molecule has 0 bridgehead atoms. The summed E-state index contributed by atoms with van der Waals surface area (Å²) in [5, 5.41) is 0. The van der Waals surface area contributed by atoms with Crippen LogP contribution in [0.4, 0.5) is 0 Å². The van der Waals surface area contributed by atoms with Crippen LogP contribution < -0.4 is 4.74 Å². The highest BCUT2D eigenvalue weighted by molar-refractivity contribution is 9.10. The number of halogens is 2. The number of rotatable bonds is 6. The summed E-state index contributed by atoms with van der Waals surface area (Å²) in [6.07, 6.45) is 5.25. The highest BCUT2D eigenvalue weighted by atomic mass is 79.9. The number of hydrogen-bond donors (Lipinski definition) is 0. The molecule has 28 heavy (non-hydrogen) atoms. The topological polar surface area (TPSA) is 45.5 Å². The molecule has 0 amide bonds. The van der Waals surface area contributed by atoms with Crippen LogP contribution in [0.1, 0.15) is 11.1 Å². The summed E-state index contributed by atoms with van der Waals surface area (Å²) >= 11 is 7.05. The van der Waals surface area contributed by atoms with Crippen LogP contribution in [-0.2, 0) is 21.8 Å². The Balaban J connectivity index is 1.53. The Labute approximate surface area is 180 Å². The van der Waals surface area contributed by atoms with Gasteiger partial charge in [0.1, 0.15) is 18.5 Å². The molecule has 1 saturated heterocycles. The van der Waals surface area contributed by atoms with E-state index in [1.165, 1.54) is 0 Å². The fourth-order valence-electron chi connectivity index (χ4n) is 3.14. The molecule has 0 radical (unpaired) electrons. The van der Waals surface area contributed by atoms with E-state index in [9.17, 15) is 0 Å². The third-order valence-electron chi connectivity index (χ3n) is 4.67. The molecule has 2 heterocycles. The largest absolute Gasteiger partial charge is 0.491 e. The van der Waals surface area contributed by atoms with Crippen LogP contribution in [0.3, 0.4) is 0 Å². The van der Waals surface area contributed by atoms with Crippen molar-refractivity contribution >= 4 is 31.9 Å². The first-order valence-electron chi connectivity index (χ1n) is 8.97. The summed E-state index contributed by atoms with van der Waals surface area (Å²) in [5.74, 6) is -0.0815. The van der Waals surface area contributed by atoms with Gasteiger partial charge in [-0.15, -0.1) is 0 Å². The Kier molecular flexibility index (Phi) is 5.87. The van der Waals surface area contributed by atoms with Gasteiger partial charge in [0.05, 0.1) is 19.5 Å². The molecule has 3 aromatic rings. The first-order chi connectivity index (χ1) is 13.5. The second-order valence-electron chi connectivity index (χ2n) is 6.77. The van der Waals surface area contributed by atoms with E-state index in [-0.39, 0.29) is 6.10 Å². The Morgan fingerprint density at radius 2 is 2.04 bits per heavy atom. The normalized spacial score (nSPS) is 21.8. The zero-order valence-corrected chi connectivity index (χ0v) is 18.5. The lowest BCUT2D eigenvalue weighted by Crippen LogP contribution is -2.34. The molecule has 4 rings (SSSR count). The van der Waals surface area contributed by atoms with Crippen molar-refractivity contribution in [3.05, 3.63) is 81.3 Å². The summed E-state index contributed by atoms with van der Waals surface area (Å²) in [6, 6.07) is 13.9. The standard InChI is InChI=1S/C21H20Br2N2O3/c1-15-2-3-16(10-20(15)23)21(13-25-9-8-24-14-25)27-12-19(28-21)11-26-18-6-4-17(22)5-7-18/h2-10,14,19H,11-13H2,1H3/t19-,21-/m1/s1. The third kappa shape index (κ3) is 4.33. The molecule has 1 fully saturated rings. The highest BCUT2D eigenvalue weighted by Crippen LogP contribution is 2.38. The molecule has 0 spiro atoms. The number of nitrogens with zero attached hydrogens (tertiary/aromatic N) is 2. The number of aromatic nitrogens is 2. The van der Waals surface area contributed by atoms with Crippen LogP contribution in [-0.4, -0.2) is 28.9 Å². The zero-order valence-electron chi connectivity index (χ0n) is 15.3. The fraction of sp³-hybridized carbons (Fsp3) is 0.286. The van der Waals surface area contributed by atoms with E-state index in [0.717, 1.165) is 25.8 Å². The maximum absolute atomic E-state index is 6.42. The summed E-state index contributed by atoms with van der Waals surface area (Å²) in [5.41, 5.74) is 2.12. The maximum Gasteiger partial charge on any atom is 0.214 e. The molecule has 5 nitrogen and oxygen atoms in total. The molecule has 0 aliphatic carbocycles. The molecule has 1 aliphatic heterocycles. The second kappa shape index (κ2) is 8.37. The van der Waals surface area contributed by atoms with E-state index in [2.05, 4.69) is 62.0 Å². The molecule has 7 heteroatoms. The molecule has 2 atom stereocenters. The Morgan fingerprint density at radius 3 is 2.75 bits per heavy atom. The summed E-state index contributed by atoms with van der Waals surface area (Å²) in [7, 11) is 0. The van der Waals surface area contributed by atoms with Crippen molar-refractivity contribution in [3.8, 4) is 5.75 Å². The summed E-state index contributed by atoms with van der Waals surface area (Å²) in [6.45, 7) is 3.44. The number of ether oxygens (including phenoxy) is 3. The van der Waals surface area contributed by atoms with Gasteiger partial charge in [-0.2, -0.15) is 0 Å². The summed E-state index contributed by atoms with van der Waals surface area (Å²) < 4.78 is 22.6. The maximum atomic E-state index is 6.42. The van der Waals surface area contributed by atoms with Gasteiger partial charge in [-0.25, -0.2) is 4.98 Å². The van der Waals surface area contributed by atoms with Crippen LogP contribution >= 0.6 is 31.9 Å². The van der Waals surface area contributed by atoms with Gasteiger partial charge in [-0.05, 0) is 42.8 Å². The fourth-order valence-corrected chi connectivity index (χ4v) is 3.79. The Hall–Kier alpha value is -1.67. The van der Waals surface area contributed by atoms with Gasteiger partial charge in [-0.1, -0.05) is 44.0 Å². The first-order valence-corrected chi connectivity index (χ1v) is 10.6. The molecule has 0 unspecified atom stereocenters. The number of benzene rings is 2. The van der Waals surface area contributed by atoms with Gasteiger partial charge in [-0.3, -0.25) is 0 Å². The lowest BCUT2D eigenvalue weighted by Gasteiger charge is -2.29. The van der Waals surface area contributed by atoms with E-state index in [1.54, 1.807) is 12.5 Å². The van der Waals surface area contributed by atoms with Crippen LogP contribution in [0.2, 0.25) is 0 Å². The molecule has 1 aliphatic rings. The van der Waals surface area contributed by atoms with Gasteiger partial charge >= 0.3 is 0 Å². The van der Waals surface area contributed by atoms with Crippen molar-refractivity contribution in [1.82, 2.24) is 9.55 Å². The third-order valence-corrected chi connectivity index (χ3v) is 6.05. The molecule has 146 valence electrons. The van der Waals surface area contributed by atoms with Gasteiger partial charge in [0.25, 0.3) is 0 Å². The molecular formula is C21H20Br2N2O3. The van der Waals surface area contributed by atoms with Gasteiger partial charge in [0, 0.05) is 26.9 Å². The zero-order chi connectivity index (χ0) is 19.6. The Bertz CT molecular complexity index is 931. The van der Waals surface area contributed by atoms with E-state index < -0.39 is 5.79 Å². The predicted molar refractivity (Wildman–Crippen MR) is 113 cm³/mol. The van der Waals surface area contributed by atoms with Crippen molar-refractivity contribution in [1.29, 1.82) is 0 Å². The monoisotopic (exact) mass is 506 g/mol. The van der Waals surface area contributed by atoms with E-state index in [0.29, 0.717) is 19.8 Å². The lowest BCUT2D eigenvalue weighted by atomic mass is 10.0. The van der Waals surface area contributed by atoms with Gasteiger partial charge < -0.3 is 18.8 Å². The van der Waals surface area contributed by atoms with E-state index >= 15 is 0 Å². The molecule has 0 saturated carbocycles. The SMILES string of the molecule is Cc1ccc([C@]2(Cn3ccnc3)OC[C@@H](COc3ccc(Br)cc3)O2)cc1Br. The predicted octanol–water partition coefficient (Wildman–Crippen LogP) is 5.06. The Morgan fingerprint density at radius 1 is 1.21 bits per heavy atom. The van der Waals surface area contributed by atoms with E-state index in [4.69, 9.17) is 14.2 Å². The average Bonchev–Trinajstić information content (AvgIpc) is 3.34. The molecule has 1 aromatic heterocycles. The molecular weight excluding hydrogens is 488 g/mol. The van der Waals surface area contributed by atoms with Crippen molar-refractivity contribution in [3.63, 3.8) is 0 Å². The minimum atomic E-state index is -0.884. The van der Waals surface area contributed by atoms with Crippen LogP contribution in [0, 0.1) is 6.92 Å². The van der Waals surface area contributed by atoms with Crippen LogP contribution in [0.25, 0.3) is 0 Å². The van der Waals surface area contributed by atoms with Gasteiger partial charge in [0.2, 0.25) is 5.79 Å². The van der Waals surface area contributed by atoms with Crippen molar-refractivity contribution < 1.29 is 14.2 Å². The van der Waals surface area contributed by atoms with Crippen molar-refractivity contribution in [2.45, 2.75) is 25.4 Å². The second-order valence-corrected chi connectivity index (χ2v) is 8.54. The molecule has 2 aromatic carbocycles. The minimum Gasteiger partial charge on any atom is -0.491 e. The van der Waals surface area contributed by atoms with Crippen LogP contribution in [0.5, 0.6) is 5.75 Å². The first kappa shape index (κ1) is 19.6. The van der Waals surface area contributed by atoms with Gasteiger partial charge in [0.15, 0.2) is 0 Å². The number of hydrogen-bond acceptors (Lipinski definition) is 4. The van der Waals surface area contributed by atoms with Crippen molar-refractivity contribution in [2.75, 3.05) is 13.2 Å². The molecule has 0 N–H and O–H groups in total. The average molecular weight is 508 g/mol. The van der Waals surface area contributed by atoms with Crippen LogP contribution in [0.15, 0.2) is 70.1 Å². The lowest BCUT2D eigenvalue weighted by molar-refractivity contribution is -0.189. The quantitative estimate of drug-likeness (QED) is 0.467. The van der Waals surface area contributed by atoms with E-state index in [1.807, 2.05) is 35.0 Å². The smallest absolute Gasteiger partial charge is 0.214 e. The number of imidazole rings is 1.